The predicted molar refractivity (Wildman–Crippen MR) is 114 cm³/mol. The summed E-state index contributed by atoms with van der Waals surface area (Å²) in [5.74, 6) is 1.45. The molecule has 0 amide bonds. The smallest absolute Gasteiger partial charge is 0.307 e. The van der Waals surface area contributed by atoms with Crippen LogP contribution in [0.3, 0.4) is 0 Å². The Morgan fingerprint density at radius 1 is 1.03 bits per heavy atom. The molecule has 1 saturated carbocycles. The molecule has 1 aliphatic carbocycles. The molecule has 0 spiro atoms. The lowest BCUT2D eigenvalue weighted by Crippen LogP contribution is -2.36. The van der Waals surface area contributed by atoms with Crippen molar-refractivity contribution in [1.82, 2.24) is 15.0 Å². The van der Waals surface area contributed by atoms with Gasteiger partial charge >= 0.3 is 11.6 Å². The Morgan fingerprint density at radius 2 is 1.83 bits per heavy atom. The van der Waals surface area contributed by atoms with Gasteiger partial charge in [-0.1, -0.05) is 24.2 Å². The molecule has 0 radical (unpaired) electrons. The van der Waals surface area contributed by atoms with E-state index in [0.29, 0.717) is 12.0 Å². The van der Waals surface area contributed by atoms with E-state index in [1.807, 2.05) is 0 Å². The highest BCUT2D eigenvalue weighted by molar-refractivity contribution is 5.82. The highest BCUT2D eigenvalue weighted by Crippen LogP contribution is 2.26. The molecular formula is C21H28N7O+. The average molecular weight is 395 g/mol. The maximum atomic E-state index is 5.44. The maximum Gasteiger partial charge on any atom is 0.307 e. The van der Waals surface area contributed by atoms with Gasteiger partial charge in [-0.05, 0) is 37.1 Å². The van der Waals surface area contributed by atoms with Gasteiger partial charge < -0.3 is 20.3 Å². The molecule has 8 nitrogen and oxygen atoms in total. The lowest BCUT2D eigenvalue weighted by atomic mass is 9.95. The van der Waals surface area contributed by atoms with Crippen molar-refractivity contribution in [2.45, 2.75) is 38.1 Å². The third-order valence-electron chi connectivity index (χ3n) is 5.78. The number of nitrogens with zero attached hydrogens (tertiary/aromatic N) is 3. The van der Waals surface area contributed by atoms with Crippen molar-refractivity contribution in [2.75, 3.05) is 41.8 Å². The highest BCUT2D eigenvalue weighted by atomic mass is 16.5. The van der Waals surface area contributed by atoms with Crippen LogP contribution >= 0.6 is 0 Å². The summed E-state index contributed by atoms with van der Waals surface area (Å²) in [4.78, 5) is 18.1. The standard InChI is InChI=1S/C21H27N7O/c1-2-4-15(5-3-1)24-20-18-19(23-14-22-18)26-21(27-20)25-16-6-8-17(9-7-16)28-10-12-29-13-11-28/h6-9,14-15H,1-5,10-13H2,(H3,22,23,24,25,26,27)/p+1. The van der Waals surface area contributed by atoms with Crippen LogP contribution in [0.4, 0.5) is 23.1 Å². The van der Waals surface area contributed by atoms with Gasteiger partial charge in [0, 0.05) is 30.5 Å². The quantitative estimate of drug-likeness (QED) is 0.616. The molecule has 4 N–H and O–H groups in total. The summed E-state index contributed by atoms with van der Waals surface area (Å²) in [7, 11) is 0. The Balaban J connectivity index is 1.34. The van der Waals surface area contributed by atoms with Gasteiger partial charge in [-0.3, -0.25) is 4.98 Å². The molecule has 2 fully saturated rings. The number of ether oxygens (including phenoxy) is 1. The van der Waals surface area contributed by atoms with Gasteiger partial charge in [-0.15, -0.1) is 0 Å². The van der Waals surface area contributed by atoms with E-state index >= 15 is 0 Å². The molecule has 1 aromatic carbocycles. The fourth-order valence-corrected chi connectivity index (χ4v) is 4.19. The third-order valence-corrected chi connectivity index (χ3v) is 5.78. The first-order valence-electron chi connectivity index (χ1n) is 10.6. The lowest BCUT2D eigenvalue weighted by molar-refractivity contribution is -0.347. The number of aromatic nitrogens is 4. The fourth-order valence-electron chi connectivity index (χ4n) is 4.19. The number of hydrogen-bond donors (Lipinski definition) is 3. The van der Waals surface area contributed by atoms with Gasteiger partial charge in [0.05, 0.1) is 13.2 Å². The fraction of sp³-hybridized carbons (Fsp3) is 0.476. The van der Waals surface area contributed by atoms with E-state index in [-0.39, 0.29) is 0 Å². The van der Waals surface area contributed by atoms with Crippen LogP contribution in [-0.2, 0) is 4.74 Å². The minimum Gasteiger partial charge on any atom is -0.378 e. The van der Waals surface area contributed by atoms with Crippen LogP contribution in [0.25, 0.3) is 11.2 Å². The number of aromatic amines is 2. The van der Waals surface area contributed by atoms with Gasteiger partial charge in [-0.25, -0.2) is 4.98 Å². The van der Waals surface area contributed by atoms with Gasteiger partial charge in [0.2, 0.25) is 5.52 Å². The largest absolute Gasteiger partial charge is 0.378 e. The molecule has 5 rings (SSSR count). The van der Waals surface area contributed by atoms with E-state index in [0.717, 1.165) is 49.0 Å². The number of anilines is 4. The molecule has 29 heavy (non-hydrogen) atoms. The summed E-state index contributed by atoms with van der Waals surface area (Å²) in [6, 6.07) is 8.90. The number of morpholine rings is 1. The first-order valence-corrected chi connectivity index (χ1v) is 10.6. The van der Waals surface area contributed by atoms with E-state index < -0.39 is 0 Å². The zero-order chi connectivity index (χ0) is 19.5. The first-order chi connectivity index (χ1) is 14.3. The number of benzene rings is 1. The average Bonchev–Trinajstić information content (AvgIpc) is 3.25. The van der Waals surface area contributed by atoms with Crippen LogP contribution in [0.5, 0.6) is 0 Å². The summed E-state index contributed by atoms with van der Waals surface area (Å²) in [6.45, 7) is 3.45. The number of H-pyrrole nitrogens is 2. The van der Waals surface area contributed by atoms with E-state index in [1.54, 1.807) is 6.33 Å². The number of fused-ring (bicyclic) bond motifs is 1. The van der Waals surface area contributed by atoms with Crippen molar-refractivity contribution >= 4 is 34.3 Å². The number of nitrogens with one attached hydrogen (secondary N) is 4. The SMILES string of the molecule is c1[nH]c2c(NC3CCCCC3)nc(Nc3ccc(N4CCOCC4)cc3)nc2[nH+]1. The van der Waals surface area contributed by atoms with Crippen LogP contribution in [0.15, 0.2) is 30.6 Å². The third kappa shape index (κ3) is 4.12. The molecule has 0 bridgehead atoms. The Bertz CT molecular complexity index is 943. The molecule has 152 valence electrons. The molecule has 2 aliphatic rings. The monoisotopic (exact) mass is 394 g/mol. The number of imidazole rings is 1. The van der Waals surface area contributed by atoms with Crippen LogP contribution in [0.1, 0.15) is 32.1 Å². The van der Waals surface area contributed by atoms with E-state index in [4.69, 9.17) is 9.72 Å². The molecule has 2 aromatic heterocycles. The predicted octanol–water partition coefficient (Wildman–Crippen LogP) is 3.10. The molecule has 1 saturated heterocycles. The van der Waals surface area contributed by atoms with Crippen LogP contribution in [0.2, 0.25) is 0 Å². The number of rotatable bonds is 5. The van der Waals surface area contributed by atoms with Gasteiger partial charge in [0.25, 0.3) is 0 Å². The van der Waals surface area contributed by atoms with Crippen molar-refractivity contribution in [3.8, 4) is 0 Å². The zero-order valence-electron chi connectivity index (χ0n) is 16.6. The summed E-state index contributed by atoms with van der Waals surface area (Å²) in [5, 5.41) is 6.98. The molecule has 1 aliphatic heterocycles. The summed E-state index contributed by atoms with van der Waals surface area (Å²) < 4.78 is 5.44. The van der Waals surface area contributed by atoms with Crippen LogP contribution in [-0.4, -0.2) is 47.3 Å². The number of hydrogen-bond acceptors (Lipinski definition) is 6. The second-order valence-corrected chi connectivity index (χ2v) is 7.80. The normalized spacial score (nSPS) is 18.1. The summed E-state index contributed by atoms with van der Waals surface area (Å²) in [5.41, 5.74) is 3.91. The van der Waals surface area contributed by atoms with Crippen LogP contribution < -0.4 is 20.5 Å². The Kier molecular flexibility index (Phi) is 5.17. The van der Waals surface area contributed by atoms with Crippen LogP contribution in [0, 0.1) is 0 Å². The van der Waals surface area contributed by atoms with Gasteiger partial charge in [-0.2, -0.15) is 4.98 Å². The van der Waals surface area contributed by atoms with Crippen molar-refractivity contribution in [3.05, 3.63) is 30.6 Å². The Morgan fingerprint density at radius 3 is 2.62 bits per heavy atom. The first kappa shape index (κ1) is 18.2. The molecule has 3 aromatic rings. The lowest BCUT2D eigenvalue weighted by Gasteiger charge is -2.28. The minimum atomic E-state index is 0.478. The second kappa shape index (κ2) is 8.24. The molecular weight excluding hydrogens is 366 g/mol. The second-order valence-electron chi connectivity index (χ2n) is 7.80. The topological polar surface area (TPSA) is 92.2 Å². The minimum absolute atomic E-state index is 0.478. The molecule has 3 heterocycles. The van der Waals surface area contributed by atoms with Crippen molar-refractivity contribution < 1.29 is 9.72 Å². The zero-order valence-corrected chi connectivity index (χ0v) is 16.6. The van der Waals surface area contributed by atoms with E-state index in [2.05, 4.69) is 54.8 Å². The van der Waals surface area contributed by atoms with E-state index in [9.17, 15) is 0 Å². The Labute approximate surface area is 170 Å². The molecule has 8 heteroatoms. The molecule has 0 atom stereocenters. The van der Waals surface area contributed by atoms with Crippen molar-refractivity contribution in [1.29, 1.82) is 0 Å². The van der Waals surface area contributed by atoms with Crippen molar-refractivity contribution in [3.63, 3.8) is 0 Å². The van der Waals surface area contributed by atoms with Gasteiger partial charge in [0.1, 0.15) is 0 Å². The molecule has 0 unspecified atom stereocenters. The highest BCUT2D eigenvalue weighted by Gasteiger charge is 2.20. The van der Waals surface area contributed by atoms with E-state index in [1.165, 1.54) is 37.8 Å². The summed E-state index contributed by atoms with van der Waals surface area (Å²) in [6.07, 6.45) is 8.09. The Hall–Kier alpha value is -2.87. The summed E-state index contributed by atoms with van der Waals surface area (Å²) >= 11 is 0. The van der Waals surface area contributed by atoms with Crippen molar-refractivity contribution in [2.24, 2.45) is 0 Å². The maximum absolute atomic E-state index is 5.44. The van der Waals surface area contributed by atoms with Gasteiger partial charge in [0.15, 0.2) is 12.1 Å².